The molecule has 1 aliphatic carbocycles. The standard InChI is InChI=1S/C30H31F9O2/c1-2-3-4-5-17-6-11-26(40-16-17)19-9-7-18(8-10-19)20-12-22(31)27(23(32)13-20)21-14-24(33)28(25(34)15-21)29(35,36)41-30(37,38)39/h2-3,12-15,17-19,26H,4-11,16H2,1H3. The maximum Gasteiger partial charge on any atom is 0.527 e. The van der Waals surface area contributed by atoms with Crippen molar-refractivity contribution in [3.63, 3.8) is 0 Å². The molecule has 2 fully saturated rings. The number of allylic oxidation sites excluding steroid dienone is 2. The van der Waals surface area contributed by atoms with Crippen LogP contribution in [0.5, 0.6) is 0 Å². The molecule has 0 amide bonds. The number of hydrogen-bond donors (Lipinski definition) is 0. The summed E-state index contributed by atoms with van der Waals surface area (Å²) >= 11 is 0. The number of benzene rings is 2. The molecule has 226 valence electrons. The highest BCUT2D eigenvalue weighted by Crippen LogP contribution is 2.43. The first-order valence-corrected chi connectivity index (χ1v) is 13.6. The highest BCUT2D eigenvalue weighted by molar-refractivity contribution is 5.66. The summed E-state index contributed by atoms with van der Waals surface area (Å²) in [7, 11) is 0. The normalized spacial score (nSPS) is 24.2. The number of alkyl halides is 5. The molecule has 2 unspecified atom stereocenters. The van der Waals surface area contributed by atoms with E-state index in [1.165, 1.54) is 0 Å². The maximum atomic E-state index is 15.1. The minimum Gasteiger partial charge on any atom is -0.378 e. The van der Waals surface area contributed by atoms with Gasteiger partial charge in [-0.3, -0.25) is 0 Å². The van der Waals surface area contributed by atoms with Gasteiger partial charge in [0.1, 0.15) is 28.8 Å². The second-order valence-electron chi connectivity index (χ2n) is 10.8. The Morgan fingerprint density at radius 3 is 1.95 bits per heavy atom. The Bertz CT molecular complexity index is 1180. The summed E-state index contributed by atoms with van der Waals surface area (Å²) in [5.74, 6) is -5.91. The molecule has 0 spiro atoms. The van der Waals surface area contributed by atoms with Crippen LogP contribution in [-0.2, 0) is 15.6 Å². The first-order valence-electron chi connectivity index (χ1n) is 13.6. The van der Waals surface area contributed by atoms with Crippen molar-refractivity contribution in [3.8, 4) is 11.1 Å². The summed E-state index contributed by atoms with van der Waals surface area (Å²) in [6, 6.07) is 2.38. The highest BCUT2D eigenvalue weighted by Gasteiger charge is 2.49. The molecule has 1 heterocycles. The first-order chi connectivity index (χ1) is 19.3. The molecule has 0 radical (unpaired) electrons. The van der Waals surface area contributed by atoms with Crippen LogP contribution in [0.25, 0.3) is 11.1 Å². The molecule has 4 rings (SSSR count). The van der Waals surface area contributed by atoms with Crippen LogP contribution < -0.4 is 0 Å². The van der Waals surface area contributed by atoms with Gasteiger partial charge in [0, 0.05) is 6.61 Å². The molecule has 2 aliphatic rings. The van der Waals surface area contributed by atoms with Crippen LogP contribution in [0.3, 0.4) is 0 Å². The van der Waals surface area contributed by atoms with Gasteiger partial charge >= 0.3 is 12.5 Å². The minimum absolute atomic E-state index is 0.146. The number of hydrogen-bond acceptors (Lipinski definition) is 2. The molecule has 1 saturated heterocycles. The second kappa shape index (κ2) is 12.8. The molecular formula is C30H31F9O2. The van der Waals surface area contributed by atoms with Crippen molar-refractivity contribution in [3.05, 3.63) is 70.8 Å². The molecule has 2 aromatic rings. The lowest BCUT2D eigenvalue weighted by atomic mass is 9.74. The summed E-state index contributed by atoms with van der Waals surface area (Å²) in [5.41, 5.74) is -3.63. The molecule has 41 heavy (non-hydrogen) atoms. The van der Waals surface area contributed by atoms with E-state index in [9.17, 15) is 30.7 Å². The lowest BCUT2D eigenvalue weighted by Gasteiger charge is -2.38. The molecular weight excluding hydrogens is 563 g/mol. The van der Waals surface area contributed by atoms with Crippen LogP contribution in [0.4, 0.5) is 39.5 Å². The topological polar surface area (TPSA) is 18.5 Å². The zero-order valence-electron chi connectivity index (χ0n) is 22.4. The van der Waals surface area contributed by atoms with Crippen LogP contribution >= 0.6 is 0 Å². The number of ether oxygens (including phenoxy) is 2. The third-order valence-electron chi connectivity index (χ3n) is 8.08. The van der Waals surface area contributed by atoms with E-state index in [0.29, 0.717) is 30.2 Å². The van der Waals surface area contributed by atoms with Gasteiger partial charge in [-0.05, 0) is 111 Å². The van der Waals surface area contributed by atoms with Crippen molar-refractivity contribution in [2.75, 3.05) is 6.61 Å². The highest BCUT2D eigenvalue weighted by atomic mass is 19.4. The van der Waals surface area contributed by atoms with E-state index < -0.39 is 52.4 Å². The molecule has 2 nitrogen and oxygen atoms in total. The molecule has 0 bridgehead atoms. The van der Waals surface area contributed by atoms with Crippen molar-refractivity contribution in [1.82, 2.24) is 0 Å². The molecule has 2 aromatic carbocycles. The smallest absolute Gasteiger partial charge is 0.378 e. The minimum atomic E-state index is -5.90. The first kappa shape index (κ1) is 31.4. The zero-order chi connectivity index (χ0) is 29.9. The summed E-state index contributed by atoms with van der Waals surface area (Å²) in [6.07, 6.45) is 0.233. The second-order valence-corrected chi connectivity index (χ2v) is 10.8. The van der Waals surface area contributed by atoms with Crippen molar-refractivity contribution < 1.29 is 49.0 Å². The Morgan fingerprint density at radius 1 is 0.829 bits per heavy atom. The van der Waals surface area contributed by atoms with Crippen molar-refractivity contribution in [2.45, 2.75) is 82.8 Å². The van der Waals surface area contributed by atoms with E-state index in [1.54, 1.807) is 0 Å². The monoisotopic (exact) mass is 594 g/mol. The van der Waals surface area contributed by atoms with Crippen LogP contribution in [0.15, 0.2) is 36.4 Å². The summed E-state index contributed by atoms with van der Waals surface area (Å²) in [4.78, 5) is 0. The van der Waals surface area contributed by atoms with E-state index in [1.807, 2.05) is 13.0 Å². The summed E-state index contributed by atoms with van der Waals surface area (Å²) in [6.45, 7) is 2.73. The average molecular weight is 595 g/mol. The van der Waals surface area contributed by atoms with Gasteiger partial charge in [-0.1, -0.05) is 12.2 Å². The Kier molecular flexibility index (Phi) is 9.78. The van der Waals surface area contributed by atoms with Gasteiger partial charge in [0.05, 0.1) is 11.7 Å². The van der Waals surface area contributed by atoms with Crippen LogP contribution in [-0.4, -0.2) is 19.1 Å². The molecule has 2 atom stereocenters. The molecule has 0 N–H and O–H groups in total. The average Bonchev–Trinajstić information content (AvgIpc) is 2.87. The Hall–Kier alpha value is -2.53. The van der Waals surface area contributed by atoms with Crippen molar-refractivity contribution in [2.24, 2.45) is 11.8 Å². The van der Waals surface area contributed by atoms with Crippen LogP contribution in [0, 0.1) is 35.1 Å². The van der Waals surface area contributed by atoms with E-state index in [2.05, 4.69) is 10.8 Å². The van der Waals surface area contributed by atoms with E-state index in [0.717, 1.165) is 57.3 Å². The predicted octanol–water partition coefficient (Wildman–Crippen LogP) is 9.92. The molecule has 11 heteroatoms. The van der Waals surface area contributed by atoms with E-state index in [4.69, 9.17) is 4.74 Å². The van der Waals surface area contributed by atoms with Gasteiger partial charge in [0.15, 0.2) is 0 Å². The quantitative estimate of drug-likeness (QED) is 0.224. The number of rotatable bonds is 8. The fourth-order valence-corrected chi connectivity index (χ4v) is 6.04. The summed E-state index contributed by atoms with van der Waals surface area (Å²) in [5, 5.41) is 0. The zero-order valence-corrected chi connectivity index (χ0v) is 22.4. The van der Waals surface area contributed by atoms with Crippen molar-refractivity contribution >= 4 is 0 Å². The van der Waals surface area contributed by atoms with Gasteiger partial charge in [0.25, 0.3) is 0 Å². The predicted molar refractivity (Wildman–Crippen MR) is 134 cm³/mol. The Labute approximate surface area is 232 Å². The molecule has 1 saturated carbocycles. The lowest BCUT2D eigenvalue weighted by molar-refractivity contribution is -0.432. The van der Waals surface area contributed by atoms with Gasteiger partial charge in [-0.2, -0.15) is 8.78 Å². The third kappa shape index (κ3) is 7.66. The van der Waals surface area contributed by atoms with Crippen molar-refractivity contribution in [1.29, 1.82) is 0 Å². The molecule has 0 aromatic heterocycles. The van der Waals surface area contributed by atoms with E-state index >= 15 is 8.78 Å². The Balaban J connectivity index is 1.43. The third-order valence-corrected chi connectivity index (χ3v) is 8.08. The fourth-order valence-electron chi connectivity index (χ4n) is 6.04. The lowest BCUT2D eigenvalue weighted by Crippen LogP contribution is -2.34. The SMILES string of the molecule is CC=CCCC1CCC(C2CCC(c3cc(F)c(-c4cc(F)c(C(F)(F)OC(F)(F)F)c(F)c4)c(F)c3)CC2)OC1. The van der Waals surface area contributed by atoms with Gasteiger partial charge in [-0.15, -0.1) is 13.2 Å². The maximum absolute atomic E-state index is 15.1. The summed E-state index contributed by atoms with van der Waals surface area (Å²) < 4.78 is 132. The number of halogens is 9. The van der Waals surface area contributed by atoms with E-state index in [-0.39, 0.29) is 24.2 Å². The van der Waals surface area contributed by atoms with Crippen LogP contribution in [0.2, 0.25) is 0 Å². The van der Waals surface area contributed by atoms with Gasteiger partial charge in [-0.25, -0.2) is 22.3 Å². The largest absolute Gasteiger partial charge is 0.527 e. The van der Waals surface area contributed by atoms with Crippen LogP contribution in [0.1, 0.15) is 75.3 Å². The fraction of sp³-hybridized carbons (Fsp3) is 0.533. The Morgan fingerprint density at radius 2 is 1.44 bits per heavy atom. The molecule has 1 aliphatic heterocycles. The van der Waals surface area contributed by atoms with Gasteiger partial charge in [0.2, 0.25) is 0 Å². The van der Waals surface area contributed by atoms with Gasteiger partial charge < -0.3 is 4.74 Å².